The maximum atomic E-state index is 9.51. The topological polar surface area (TPSA) is 99.1 Å². The molecule has 6 nitrogen and oxygen atoms in total. The van der Waals surface area contributed by atoms with Crippen molar-refractivity contribution in [2.24, 2.45) is 0 Å². The van der Waals surface area contributed by atoms with Crippen LogP contribution in [-0.4, -0.2) is 19.9 Å². The number of fused-ring (bicyclic) bond motifs is 1. The minimum atomic E-state index is -0.619. The number of rotatable bonds is 5. The summed E-state index contributed by atoms with van der Waals surface area (Å²) in [5.41, 5.74) is 7.17. The molecule has 0 fully saturated rings. The standard InChI is InChI=1S/C44H30N6/c1-2-33-11-5-4-8-25-44(37-13-6-3-7-14-37,38-23-26-47-27-24-38)40-28-36(21-22-39(33)40)43-49-41(34-12-9-10-31(29-45)15-18-34)48-42(50-43)35-19-16-32(30-46)17-20-35/h1,3-11,13-24,26-28,33H,12,25H2/b8-4-,11-5-. The van der Waals surface area contributed by atoms with Gasteiger partial charge in [-0.25, -0.2) is 15.0 Å². The van der Waals surface area contributed by atoms with E-state index in [4.69, 9.17) is 21.4 Å². The highest BCUT2D eigenvalue weighted by Crippen LogP contribution is 2.47. The number of hydrogen-bond acceptors (Lipinski definition) is 6. The van der Waals surface area contributed by atoms with Crippen LogP contribution in [0.1, 0.15) is 52.4 Å². The van der Waals surface area contributed by atoms with Crippen molar-refractivity contribution >= 4 is 5.57 Å². The van der Waals surface area contributed by atoms with E-state index in [0.29, 0.717) is 41.5 Å². The fourth-order valence-electron chi connectivity index (χ4n) is 6.61. The zero-order valence-corrected chi connectivity index (χ0v) is 27.1. The average molecular weight is 643 g/mol. The Hall–Kier alpha value is -6.94. The molecule has 2 heterocycles. The van der Waals surface area contributed by atoms with Crippen LogP contribution >= 0.6 is 0 Å². The lowest BCUT2D eigenvalue weighted by Gasteiger charge is -2.37. The highest BCUT2D eigenvalue weighted by atomic mass is 15.0. The zero-order chi connectivity index (χ0) is 34.3. The zero-order valence-electron chi connectivity index (χ0n) is 27.1. The van der Waals surface area contributed by atoms with Gasteiger partial charge in [-0.05, 0) is 89.7 Å². The van der Waals surface area contributed by atoms with Crippen molar-refractivity contribution in [3.05, 3.63) is 185 Å². The van der Waals surface area contributed by atoms with Crippen molar-refractivity contribution < 1.29 is 0 Å². The Kier molecular flexibility index (Phi) is 8.89. The Labute approximate surface area is 291 Å². The van der Waals surface area contributed by atoms with E-state index in [1.54, 1.807) is 24.3 Å². The lowest BCUT2D eigenvalue weighted by Crippen LogP contribution is -2.30. The first kappa shape index (κ1) is 31.6. The van der Waals surface area contributed by atoms with Gasteiger partial charge in [0.05, 0.1) is 29.2 Å². The van der Waals surface area contributed by atoms with Gasteiger partial charge in [0.25, 0.3) is 0 Å². The summed E-state index contributed by atoms with van der Waals surface area (Å²) in [6, 6.07) is 32.6. The van der Waals surface area contributed by atoms with Crippen molar-refractivity contribution in [1.82, 2.24) is 19.9 Å². The molecule has 2 atom stereocenters. The minimum absolute atomic E-state index is 0.279. The van der Waals surface area contributed by atoms with Crippen LogP contribution in [-0.2, 0) is 5.41 Å². The van der Waals surface area contributed by atoms with Gasteiger partial charge in [-0.3, -0.25) is 4.98 Å². The summed E-state index contributed by atoms with van der Waals surface area (Å²) in [5.74, 6) is 4.23. The summed E-state index contributed by atoms with van der Waals surface area (Å²) < 4.78 is 0. The molecule has 0 radical (unpaired) electrons. The SMILES string of the molecule is C#CC1/C=C\C=C/CC(c2ccccc2)(c2ccncc2)c2cc(-c3nc(C4=CC=C(C#N)C=CC4)nc(-c4ccc(C#N)cc4)n3)ccc21. The quantitative estimate of drug-likeness (QED) is 0.178. The smallest absolute Gasteiger partial charge is 0.164 e. The van der Waals surface area contributed by atoms with Gasteiger partial charge in [0.1, 0.15) is 0 Å². The van der Waals surface area contributed by atoms with Gasteiger partial charge in [0, 0.05) is 34.5 Å². The Morgan fingerprint density at radius 1 is 0.720 bits per heavy atom. The molecule has 236 valence electrons. The van der Waals surface area contributed by atoms with Gasteiger partial charge < -0.3 is 0 Å². The Morgan fingerprint density at radius 3 is 2.18 bits per heavy atom. The first-order valence-electron chi connectivity index (χ1n) is 16.3. The number of pyridine rings is 1. The van der Waals surface area contributed by atoms with Gasteiger partial charge in [-0.15, -0.1) is 6.42 Å². The van der Waals surface area contributed by atoms with Gasteiger partial charge >= 0.3 is 0 Å². The molecule has 7 rings (SSSR count). The largest absolute Gasteiger partial charge is 0.265 e. The van der Waals surface area contributed by atoms with Crippen molar-refractivity contribution in [3.8, 4) is 47.3 Å². The van der Waals surface area contributed by atoms with E-state index >= 15 is 0 Å². The highest BCUT2D eigenvalue weighted by Gasteiger charge is 2.38. The number of nitrogens with zero attached hydrogens (tertiary/aromatic N) is 6. The molecule has 0 spiro atoms. The fraction of sp³-hybridized carbons (Fsp3) is 0.0909. The van der Waals surface area contributed by atoms with Crippen molar-refractivity contribution in [2.45, 2.75) is 24.2 Å². The molecule has 3 aromatic carbocycles. The van der Waals surface area contributed by atoms with Crippen LogP contribution in [0.3, 0.4) is 0 Å². The molecule has 0 saturated heterocycles. The summed E-state index contributed by atoms with van der Waals surface area (Å²) in [6.45, 7) is 0. The molecule has 2 unspecified atom stereocenters. The second-order valence-corrected chi connectivity index (χ2v) is 12.0. The molecule has 2 aliphatic carbocycles. The van der Waals surface area contributed by atoms with Crippen LogP contribution < -0.4 is 0 Å². The number of aromatic nitrogens is 4. The number of terminal acetylenes is 1. The second-order valence-electron chi connectivity index (χ2n) is 12.0. The summed E-state index contributed by atoms with van der Waals surface area (Å²) in [7, 11) is 0. The summed E-state index contributed by atoms with van der Waals surface area (Å²) in [5, 5.41) is 18.9. The summed E-state index contributed by atoms with van der Waals surface area (Å²) >= 11 is 0. The van der Waals surface area contributed by atoms with E-state index in [0.717, 1.165) is 39.0 Å². The third kappa shape index (κ3) is 6.09. The number of nitriles is 2. The predicted molar refractivity (Wildman–Crippen MR) is 196 cm³/mol. The predicted octanol–water partition coefficient (Wildman–Crippen LogP) is 8.83. The van der Waals surface area contributed by atoms with Crippen LogP contribution in [0.25, 0.3) is 28.3 Å². The van der Waals surface area contributed by atoms with Crippen LogP contribution in [0.2, 0.25) is 0 Å². The maximum Gasteiger partial charge on any atom is 0.164 e. The molecular formula is C44H30N6. The summed E-state index contributed by atoms with van der Waals surface area (Å²) in [4.78, 5) is 19.3. The van der Waals surface area contributed by atoms with E-state index in [2.05, 4.69) is 89.8 Å². The van der Waals surface area contributed by atoms with Gasteiger partial charge in [0.15, 0.2) is 17.5 Å². The molecule has 50 heavy (non-hydrogen) atoms. The van der Waals surface area contributed by atoms with E-state index in [-0.39, 0.29) is 5.92 Å². The average Bonchev–Trinajstić information content (AvgIpc) is 3.40. The molecule has 5 aromatic rings. The van der Waals surface area contributed by atoms with Crippen molar-refractivity contribution in [2.75, 3.05) is 0 Å². The molecule has 2 aliphatic rings. The molecule has 0 amide bonds. The third-order valence-electron chi connectivity index (χ3n) is 9.12. The van der Waals surface area contributed by atoms with Crippen LogP contribution in [0.4, 0.5) is 0 Å². The van der Waals surface area contributed by atoms with E-state index in [9.17, 15) is 10.5 Å². The number of benzene rings is 3. The van der Waals surface area contributed by atoms with E-state index in [1.807, 2.05) is 54.9 Å². The summed E-state index contributed by atoms with van der Waals surface area (Å²) in [6.07, 6.45) is 26.9. The molecular weight excluding hydrogens is 613 g/mol. The first-order chi connectivity index (χ1) is 24.6. The molecule has 0 bridgehead atoms. The maximum absolute atomic E-state index is 9.51. The molecule has 0 saturated carbocycles. The lowest BCUT2D eigenvalue weighted by atomic mass is 9.65. The normalized spacial score (nSPS) is 19.3. The van der Waals surface area contributed by atoms with Crippen LogP contribution in [0.5, 0.6) is 0 Å². The Balaban J connectivity index is 1.50. The third-order valence-corrected chi connectivity index (χ3v) is 9.12. The Bertz CT molecular complexity index is 2300. The van der Waals surface area contributed by atoms with Crippen LogP contribution in [0, 0.1) is 35.0 Å². The van der Waals surface area contributed by atoms with Crippen LogP contribution in [0.15, 0.2) is 152 Å². The molecule has 2 aromatic heterocycles. The lowest BCUT2D eigenvalue weighted by molar-refractivity contribution is 0.619. The van der Waals surface area contributed by atoms with Crippen molar-refractivity contribution in [3.63, 3.8) is 0 Å². The number of allylic oxidation sites excluding steroid dienone is 10. The van der Waals surface area contributed by atoms with E-state index < -0.39 is 5.41 Å². The monoisotopic (exact) mass is 642 g/mol. The minimum Gasteiger partial charge on any atom is -0.265 e. The molecule has 0 N–H and O–H groups in total. The Morgan fingerprint density at radius 2 is 1.44 bits per heavy atom. The number of hydrogen-bond donors (Lipinski definition) is 0. The highest BCUT2D eigenvalue weighted by molar-refractivity contribution is 5.71. The van der Waals surface area contributed by atoms with E-state index in [1.165, 1.54) is 0 Å². The van der Waals surface area contributed by atoms with Gasteiger partial charge in [-0.1, -0.05) is 84.8 Å². The van der Waals surface area contributed by atoms with Gasteiger partial charge in [0.2, 0.25) is 0 Å². The first-order valence-corrected chi connectivity index (χ1v) is 16.3. The van der Waals surface area contributed by atoms with Gasteiger partial charge in [-0.2, -0.15) is 10.5 Å². The fourth-order valence-corrected chi connectivity index (χ4v) is 6.61. The van der Waals surface area contributed by atoms with Crippen molar-refractivity contribution in [1.29, 1.82) is 10.5 Å². The second kappa shape index (κ2) is 14.0. The molecule has 6 heteroatoms. The molecule has 0 aliphatic heterocycles.